The standard InChI is InChI=1S/C26H36FN3O5.C24H35FN4O3.C23H33N3O3/c1-3-34-25(32)30-19-5-6-20(30)16-21(15-19)28-10-8-26(9-11-28)17-29(24(31)35-13-12-33-2)23-7-4-18(27)14-22(23)26;1-4-15-32-23(31)28-11-7-19(8-12-28)27-13-9-24(10-14-27)17-29(22(30)26(2)3)21-6-5-18(25)16-20(21)24;1-4-29-22(28)25-11-7-19(8-12-25)24-13-9-23(10-14-24)16-26(18(3)27)21-6-5-17(2)15-20(21)23/h4,7,14,19-21H,3,5-6,8-13,15-17H2,1-2H3;5-6,16,19H,4,7-15,17H2,1-3H3;5-6,15,19H,4,7-14,16H2,1-3H3. The molecule has 0 saturated carbocycles. The van der Waals surface area contributed by atoms with E-state index in [0.717, 1.165) is 196 Å². The third-order valence-electron chi connectivity index (χ3n) is 22.9. The molecule has 7 amide bonds. The predicted octanol–water partition coefficient (Wildman–Crippen LogP) is 10.9. The van der Waals surface area contributed by atoms with E-state index in [-0.39, 0.29) is 76.8 Å². The summed E-state index contributed by atoms with van der Waals surface area (Å²) in [5.41, 5.74) is 6.86. The summed E-state index contributed by atoms with van der Waals surface area (Å²) in [5, 5.41) is 0. The molecule has 10 aliphatic heterocycles. The molecule has 3 aromatic carbocycles. The summed E-state index contributed by atoms with van der Waals surface area (Å²) in [6.07, 6.45) is 13.6. The second kappa shape index (κ2) is 30.5. The Hall–Kier alpha value is -6.82. The van der Waals surface area contributed by atoms with Gasteiger partial charge in [0, 0.05) is 132 Å². The lowest BCUT2D eigenvalue weighted by atomic mass is 9.73. The number of aryl methyl sites for hydroxylation is 1. The highest BCUT2D eigenvalue weighted by atomic mass is 19.1. The first kappa shape index (κ1) is 70.5. The van der Waals surface area contributed by atoms with Crippen molar-refractivity contribution in [1.29, 1.82) is 0 Å². The molecule has 0 N–H and O–H groups in total. The lowest BCUT2D eigenvalue weighted by Crippen LogP contribution is -2.55. The molecule has 0 aromatic heterocycles. The number of benzene rings is 3. The molecular formula is C73H104F2N10O11. The van der Waals surface area contributed by atoms with Crippen LogP contribution in [0.2, 0.25) is 0 Å². The van der Waals surface area contributed by atoms with Crippen LogP contribution in [0.3, 0.4) is 0 Å². The van der Waals surface area contributed by atoms with Gasteiger partial charge >= 0.3 is 30.4 Å². The van der Waals surface area contributed by atoms with Crippen LogP contribution in [0.25, 0.3) is 0 Å². The van der Waals surface area contributed by atoms with Crippen LogP contribution in [-0.2, 0) is 44.7 Å². The van der Waals surface area contributed by atoms with E-state index in [1.54, 1.807) is 62.2 Å². The van der Waals surface area contributed by atoms with Gasteiger partial charge in [-0.2, -0.15) is 0 Å². The third kappa shape index (κ3) is 14.8. The molecular weight excluding hydrogens is 1230 g/mol. The van der Waals surface area contributed by atoms with Crippen molar-refractivity contribution >= 4 is 53.4 Å². The van der Waals surface area contributed by atoms with Crippen LogP contribution in [0.5, 0.6) is 0 Å². The van der Waals surface area contributed by atoms with Crippen LogP contribution in [-0.4, -0.2) is 240 Å². The molecule has 96 heavy (non-hydrogen) atoms. The number of carbonyl (C=O) groups is 6. The average Bonchev–Trinajstić information content (AvgIpc) is 1.59. The van der Waals surface area contributed by atoms with Gasteiger partial charge in [0.05, 0.1) is 32.1 Å². The second-order valence-electron chi connectivity index (χ2n) is 28.7. The molecule has 10 aliphatic rings. The zero-order chi connectivity index (χ0) is 68.1. The van der Waals surface area contributed by atoms with E-state index in [1.165, 1.54) is 23.3 Å². The first-order chi connectivity index (χ1) is 46.2. The summed E-state index contributed by atoms with van der Waals surface area (Å²) in [6.45, 7) is 22.1. The first-order valence-electron chi connectivity index (χ1n) is 35.7. The zero-order valence-corrected chi connectivity index (χ0v) is 58.1. The van der Waals surface area contributed by atoms with Crippen LogP contribution in [0, 0.1) is 18.6 Å². The molecule has 10 heterocycles. The van der Waals surface area contributed by atoms with Crippen LogP contribution in [0.15, 0.2) is 54.6 Å². The minimum Gasteiger partial charge on any atom is -0.450 e. The Morgan fingerprint density at radius 2 is 0.896 bits per heavy atom. The lowest BCUT2D eigenvalue weighted by Gasteiger charge is -2.47. The van der Waals surface area contributed by atoms with Crippen molar-refractivity contribution in [3.8, 4) is 0 Å². The van der Waals surface area contributed by atoms with Gasteiger partial charge in [-0.1, -0.05) is 24.6 Å². The van der Waals surface area contributed by atoms with Gasteiger partial charge in [-0.25, -0.2) is 32.8 Å². The summed E-state index contributed by atoms with van der Waals surface area (Å²) in [7, 11) is 5.07. The molecule has 21 nitrogen and oxygen atoms in total. The SMILES string of the molecule is CCCOC(=O)N1CCC(N2CCC3(CC2)CN(C(=O)N(C)C)c2ccc(F)cc23)CC1.CCOC(=O)N1C2CCC1CC(N1CCC3(CC1)CN(C(=O)OCCOC)c1ccc(F)cc13)C2.CCOC(=O)N1CCC(N2CCC3(CC2)CN(C(C)=O)c2ccc(C)cc23)CC1. The summed E-state index contributed by atoms with van der Waals surface area (Å²) < 4.78 is 54.6. The Morgan fingerprint density at radius 3 is 1.36 bits per heavy atom. The fraction of sp³-hybridized carbons (Fsp3) is 0.671. The Kier molecular flexibility index (Phi) is 22.4. The number of halogens is 2. The molecule has 2 bridgehead atoms. The number of piperidine rings is 6. The Morgan fingerprint density at radius 1 is 0.479 bits per heavy atom. The molecule has 0 aliphatic carbocycles. The highest BCUT2D eigenvalue weighted by molar-refractivity contribution is 5.96. The van der Waals surface area contributed by atoms with Crippen molar-refractivity contribution in [2.45, 2.75) is 177 Å². The van der Waals surface area contributed by atoms with Crippen molar-refractivity contribution in [1.82, 2.24) is 34.3 Å². The minimum atomic E-state index is -0.405. The lowest BCUT2D eigenvalue weighted by molar-refractivity contribution is -0.116. The quantitative estimate of drug-likeness (QED) is 0.138. The summed E-state index contributed by atoms with van der Waals surface area (Å²) in [5.74, 6) is -0.379. The van der Waals surface area contributed by atoms with Crippen LogP contribution in [0.4, 0.5) is 49.8 Å². The van der Waals surface area contributed by atoms with E-state index in [9.17, 15) is 37.5 Å². The first-order valence-corrected chi connectivity index (χ1v) is 35.7. The molecule has 13 rings (SSSR count). The van der Waals surface area contributed by atoms with Gasteiger partial charge in [0.2, 0.25) is 5.91 Å². The molecule has 3 aromatic rings. The van der Waals surface area contributed by atoms with Crippen molar-refractivity contribution in [2.75, 3.05) is 154 Å². The number of nitrogens with zero attached hydrogens (tertiary/aromatic N) is 10. The van der Waals surface area contributed by atoms with Crippen molar-refractivity contribution in [2.24, 2.45) is 0 Å². The highest BCUT2D eigenvalue weighted by Crippen LogP contribution is 2.52. The normalized spacial score (nSPS) is 23.6. The van der Waals surface area contributed by atoms with E-state index < -0.39 is 6.09 Å². The Bertz CT molecular complexity index is 3230. The number of anilines is 3. The zero-order valence-electron chi connectivity index (χ0n) is 58.1. The average molecular weight is 1340 g/mol. The van der Waals surface area contributed by atoms with Gasteiger partial charge < -0.3 is 62.9 Å². The van der Waals surface area contributed by atoms with Gasteiger partial charge in [0.25, 0.3) is 0 Å². The minimum absolute atomic E-state index is 0.0560. The number of carbonyl (C=O) groups excluding carboxylic acids is 6. The van der Waals surface area contributed by atoms with Crippen molar-refractivity contribution < 1.29 is 61.2 Å². The Balaban J connectivity index is 0.000000147. The fourth-order valence-corrected chi connectivity index (χ4v) is 17.7. The molecule has 526 valence electrons. The molecule has 0 radical (unpaired) electrons. The second-order valence-corrected chi connectivity index (χ2v) is 28.7. The summed E-state index contributed by atoms with van der Waals surface area (Å²) in [4.78, 5) is 94.7. The number of amides is 7. The Labute approximate surface area is 566 Å². The largest absolute Gasteiger partial charge is 0.450 e. The van der Waals surface area contributed by atoms with Crippen LogP contribution < -0.4 is 14.7 Å². The van der Waals surface area contributed by atoms with Crippen molar-refractivity contribution in [3.05, 3.63) is 88.5 Å². The van der Waals surface area contributed by atoms with Gasteiger partial charge in [-0.05, 0) is 216 Å². The number of ether oxygens (including phenoxy) is 5. The molecule has 3 spiro atoms. The van der Waals surface area contributed by atoms with E-state index >= 15 is 0 Å². The van der Waals surface area contributed by atoms with Gasteiger partial charge in [-0.15, -0.1) is 0 Å². The van der Waals surface area contributed by atoms with E-state index in [0.29, 0.717) is 57.6 Å². The van der Waals surface area contributed by atoms with Gasteiger partial charge in [0.15, 0.2) is 0 Å². The number of hydrogen-bond donors (Lipinski definition) is 0. The van der Waals surface area contributed by atoms with E-state index in [1.807, 2.05) is 45.3 Å². The van der Waals surface area contributed by atoms with Gasteiger partial charge in [-0.3, -0.25) is 14.6 Å². The van der Waals surface area contributed by atoms with Crippen LogP contribution in [0.1, 0.15) is 146 Å². The summed E-state index contributed by atoms with van der Waals surface area (Å²) in [6, 6.07) is 18.0. The molecule has 23 heteroatoms. The molecule has 7 saturated heterocycles. The van der Waals surface area contributed by atoms with Gasteiger partial charge in [0.1, 0.15) is 18.2 Å². The number of urea groups is 1. The maximum absolute atomic E-state index is 14.3. The van der Waals surface area contributed by atoms with E-state index in [2.05, 4.69) is 39.8 Å². The van der Waals surface area contributed by atoms with E-state index in [4.69, 9.17) is 23.7 Å². The molecule has 7 fully saturated rings. The van der Waals surface area contributed by atoms with Crippen molar-refractivity contribution in [3.63, 3.8) is 0 Å². The maximum Gasteiger partial charge on any atom is 0.414 e. The number of hydrogen-bond acceptors (Lipinski definition) is 14. The highest BCUT2D eigenvalue weighted by Gasteiger charge is 2.52. The number of methoxy groups -OCH3 is 1. The number of rotatable bonds is 10. The number of fused-ring (bicyclic) bond motifs is 8. The third-order valence-corrected chi connectivity index (χ3v) is 22.9. The molecule has 2 atom stereocenters. The number of likely N-dealkylation sites (tertiary alicyclic amines) is 5. The predicted molar refractivity (Wildman–Crippen MR) is 363 cm³/mol. The molecule has 2 unspecified atom stereocenters. The maximum atomic E-state index is 14.3. The smallest absolute Gasteiger partial charge is 0.414 e. The topological polar surface area (TPSA) is 181 Å². The fourth-order valence-electron chi connectivity index (χ4n) is 17.7. The monoisotopic (exact) mass is 1330 g/mol. The summed E-state index contributed by atoms with van der Waals surface area (Å²) >= 11 is 0. The van der Waals surface area contributed by atoms with Crippen LogP contribution >= 0.6 is 0 Å².